The van der Waals surface area contributed by atoms with Crippen LogP contribution in [0.5, 0.6) is 0 Å². The van der Waals surface area contributed by atoms with E-state index in [4.69, 9.17) is 23.2 Å². The number of H-pyrrole nitrogens is 1. The van der Waals surface area contributed by atoms with Gasteiger partial charge in [0.15, 0.2) is 0 Å². The molecule has 1 unspecified atom stereocenters. The van der Waals surface area contributed by atoms with Gasteiger partial charge in [-0.2, -0.15) is 10.4 Å². The highest BCUT2D eigenvalue weighted by Gasteiger charge is 2.23. The summed E-state index contributed by atoms with van der Waals surface area (Å²) in [6, 6.07) is 16.8. The zero-order valence-electron chi connectivity index (χ0n) is 14.4. The summed E-state index contributed by atoms with van der Waals surface area (Å²) >= 11 is 12.5. The van der Waals surface area contributed by atoms with E-state index in [1.54, 1.807) is 6.07 Å². The molecule has 0 radical (unpaired) electrons. The molecular formula is C20H13Cl2N5O. The third-order valence-corrected chi connectivity index (χ3v) is 5.16. The molecule has 28 heavy (non-hydrogen) atoms. The summed E-state index contributed by atoms with van der Waals surface area (Å²) < 4.78 is 1.22. The number of benzene rings is 2. The number of para-hydroxylation sites is 2. The van der Waals surface area contributed by atoms with Gasteiger partial charge < -0.3 is 4.98 Å². The lowest BCUT2D eigenvalue weighted by Crippen LogP contribution is -2.26. The molecule has 1 N–H and O–H groups in total. The van der Waals surface area contributed by atoms with Gasteiger partial charge in [-0.05, 0) is 23.8 Å². The van der Waals surface area contributed by atoms with Gasteiger partial charge in [0, 0.05) is 10.6 Å². The average molecular weight is 410 g/mol. The van der Waals surface area contributed by atoms with Crippen molar-refractivity contribution in [3.63, 3.8) is 0 Å². The third kappa shape index (κ3) is 3.26. The Bertz CT molecular complexity index is 1240. The maximum absolute atomic E-state index is 12.7. The summed E-state index contributed by atoms with van der Waals surface area (Å²) in [5, 5.41) is 14.4. The monoisotopic (exact) mass is 409 g/mol. The molecule has 0 aliphatic carbocycles. The molecule has 6 nitrogen and oxygen atoms in total. The van der Waals surface area contributed by atoms with Gasteiger partial charge in [-0.1, -0.05) is 53.5 Å². The second-order valence-corrected chi connectivity index (χ2v) is 6.95. The van der Waals surface area contributed by atoms with Crippen LogP contribution in [-0.4, -0.2) is 19.7 Å². The van der Waals surface area contributed by atoms with Crippen molar-refractivity contribution >= 4 is 34.2 Å². The topological polar surface area (TPSA) is 87.4 Å². The standard InChI is InChI=1S/C20H13Cl2N5O/c21-15-6-2-1-5-12(15)11-27-20(28)18(22)14(10-24-27)13(9-23)19-25-16-7-3-4-8-17(16)26-19/h1-8,10,13H,11H2,(H,25,26). The van der Waals surface area contributed by atoms with Gasteiger partial charge in [-0.3, -0.25) is 4.79 Å². The Morgan fingerprint density at radius 3 is 2.64 bits per heavy atom. The number of nitrogens with one attached hydrogen (secondary N) is 1. The molecule has 2 aromatic carbocycles. The summed E-state index contributed by atoms with van der Waals surface area (Å²) in [6.45, 7) is 0.181. The van der Waals surface area contributed by atoms with Crippen LogP contribution in [0.25, 0.3) is 11.0 Å². The van der Waals surface area contributed by atoms with E-state index < -0.39 is 11.5 Å². The Morgan fingerprint density at radius 2 is 1.89 bits per heavy atom. The molecule has 0 fully saturated rings. The fourth-order valence-electron chi connectivity index (χ4n) is 2.97. The van der Waals surface area contributed by atoms with E-state index in [0.717, 1.165) is 16.6 Å². The average Bonchev–Trinajstić information content (AvgIpc) is 3.13. The minimum atomic E-state index is -0.838. The quantitative estimate of drug-likeness (QED) is 0.548. The molecule has 2 aromatic heterocycles. The van der Waals surface area contributed by atoms with Crippen LogP contribution in [0.1, 0.15) is 22.9 Å². The van der Waals surface area contributed by atoms with Crippen molar-refractivity contribution in [3.05, 3.63) is 92.1 Å². The number of nitrogens with zero attached hydrogens (tertiary/aromatic N) is 4. The molecule has 8 heteroatoms. The highest BCUT2D eigenvalue weighted by Crippen LogP contribution is 2.27. The zero-order chi connectivity index (χ0) is 19.7. The summed E-state index contributed by atoms with van der Waals surface area (Å²) in [5.41, 5.74) is 2.10. The summed E-state index contributed by atoms with van der Waals surface area (Å²) in [5.74, 6) is -0.425. The van der Waals surface area contributed by atoms with Crippen LogP contribution in [0.2, 0.25) is 10.0 Å². The molecule has 4 aromatic rings. The van der Waals surface area contributed by atoms with Crippen LogP contribution in [0, 0.1) is 11.3 Å². The molecule has 0 aliphatic rings. The smallest absolute Gasteiger partial charge is 0.286 e. The van der Waals surface area contributed by atoms with Crippen LogP contribution in [-0.2, 0) is 6.54 Å². The molecule has 0 saturated carbocycles. The first-order chi connectivity index (χ1) is 13.6. The number of imidazole rings is 1. The maximum atomic E-state index is 12.7. The molecule has 0 aliphatic heterocycles. The fourth-order valence-corrected chi connectivity index (χ4v) is 3.42. The highest BCUT2D eigenvalue weighted by molar-refractivity contribution is 6.31. The molecule has 2 heterocycles. The van der Waals surface area contributed by atoms with Gasteiger partial charge in [-0.25, -0.2) is 9.67 Å². The van der Waals surface area contributed by atoms with E-state index in [1.165, 1.54) is 10.9 Å². The van der Waals surface area contributed by atoms with Crippen molar-refractivity contribution < 1.29 is 0 Å². The number of rotatable bonds is 4. The van der Waals surface area contributed by atoms with Crippen LogP contribution in [0.4, 0.5) is 0 Å². The summed E-state index contributed by atoms with van der Waals surface area (Å²) in [4.78, 5) is 20.3. The molecule has 0 amide bonds. The van der Waals surface area contributed by atoms with Crippen molar-refractivity contribution in [2.75, 3.05) is 0 Å². The number of hydrogen-bond acceptors (Lipinski definition) is 4. The summed E-state index contributed by atoms with van der Waals surface area (Å²) in [7, 11) is 0. The number of aromatic amines is 1. The number of nitriles is 1. The third-order valence-electron chi connectivity index (χ3n) is 4.41. The lowest BCUT2D eigenvalue weighted by molar-refractivity contribution is 0.632. The highest BCUT2D eigenvalue weighted by atomic mass is 35.5. The SMILES string of the molecule is N#CC(c1nc2ccccc2[nH]1)c1cnn(Cc2ccccc2Cl)c(=O)c1Cl. The van der Waals surface area contributed by atoms with Crippen molar-refractivity contribution in [2.24, 2.45) is 0 Å². The van der Waals surface area contributed by atoms with E-state index in [-0.39, 0.29) is 11.6 Å². The van der Waals surface area contributed by atoms with E-state index in [2.05, 4.69) is 21.1 Å². The van der Waals surface area contributed by atoms with Crippen molar-refractivity contribution in [2.45, 2.75) is 12.5 Å². The molecule has 1 atom stereocenters. The second kappa shape index (κ2) is 7.47. The Hall–Kier alpha value is -3.14. The summed E-state index contributed by atoms with van der Waals surface area (Å²) in [6.07, 6.45) is 1.43. The van der Waals surface area contributed by atoms with E-state index >= 15 is 0 Å². The Balaban J connectivity index is 1.73. The maximum Gasteiger partial charge on any atom is 0.286 e. The van der Waals surface area contributed by atoms with Crippen LogP contribution < -0.4 is 5.56 Å². The van der Waals surface area contributed by atoms with Gasteiger partial charge in [0.05, 0.1) is 29.8 Å². The first-order valence-electron chi connectivity index (χ1n) is 8.41. The van der Waals surface area contributed by atoms with E-state index in [9.17, 15) is 10.1 Å². The molecule has 138 valence electrons. The molecule has 0 spiro atoms. The van der Waals surface area contributed by atoms with Gasteiger partial charge in [0.1, 0.15) is 16.8 Å². The Morgan fingerprint density at radius 1 is 1.14 bits per heavy atom. The molecule has 0 bridgehead atoms. The second-order valence-electron chi connectivity index (χ2n) is 6.17. The van der Waals surface area contributed by atoms with Crippen LogP contribution >= 0.6 is 23.2 Å². The molecule has 4 rings (SSSR count). The lowest BCUT2D eigenvalue weighted by Gasteiger charge is -2.11. The van der Waals surface area contributed by atoms with Gasteiger partial charge >= 0.3 is 0 Å². The van der Waals surface area contributed by atoms with Gasteiger partial charge in [-0.15, -0.1) is 0 Å². The molecule has 0 saturated heterocycles. The number of hydrogen-bond donors (Lipinski definition) is 1. The van der Waals surface area contributed by atoms with Crippen molar-refractivity contribution in [1.29, 1.82) is 5.26 Å². The minimum absolute atomic E-state index is 0.0611. The van der Waals surface area contributed by atoms with Crippen LogP contribution in [0.15, 0.2) is 59.5 Å². The minimum Gasteiger partial charge on any atom is -0.341 e. The van der Waals surface area contributed by atoms with Gasteiger partial charge in [0.2, 0.25) is 0 Å². The van der Waals surface area contributed by atoms with Gasteiger partial charge in [0.25, 0.3) is 5.56 Å². The lowest BCUT2D eigenvalue weighted by atomic mass is 10.0. The largest absolute Gasteiger partial charge is 0.341 e. The molecular weight excluding hydrogens is 397 g/mol. The normalized spacial score (nSPS) is 12.0. The predicted molar refractivity (Wildman–Crippen MR) is 108 cm³/mol. The van der Waals surface area contributed by atoms with Crippen LogP contribution in [0.3, 0.4) is 0 Å². The Kier molecular flexibility index (Phi) is 4.86. The van der Waals surface area contributed by atoms with E-state index in [1.807, 2.05) is 42.5 Å². The number of halogens is 2. The number of fused-ring (bicyclic) bond motifs is 1. The first-order valence-corrected chi connectivity index (χ1v) is 9.17. The fraction of sp³-hybridized carbons (Fsp3) is 0.100. The number of aromatic nitrogens is 4. The zero-order valence-corrected chi connectivity index (χ0v) is 15.9. The van der Waals surface area contributed by atoms with Crippen molar-refractivity contribution in [1.82, 2.24) is 19.7 Å². The van der Waals surface area contributed by atoms with Crippen molar-refractivity contribution in [3.8, 4) is 6.07 Å². The van der Waals surface area contributed by atoms with E-state index in [0.29, 0.717) is 16.4 Å². The first kappa shape index (κ1) is 18.2. The Labute approximate surface area is 170 Å². The predicted octanol–water partition coefficient (Wildman–Crippen LogP) is 4.13.